The highest BCUT2D eigenvalue weighted by atomic mass is 32.1. The number of hydrogen-bond acceptors (Lipinski definition) is 7. The van der Waals surface area contributed by atoms with E-state index in [1.807, 2.05) is 24.3 Å². The molecule has 0 saturated heterocycles. The minimum atomic E-state index is 0.369. The van der Waals surface area contributed by atoms with Crippen LogP contribution < -0.4 is 9.47 Å². The zero-order valence-electron chi connectivity index (χ0n) is 11.6. The number of rotatable bonds is 6. The smallest absolute Gasteiger partial charge is 0.234 e. The van der Waals surface area contributed by atoms with Crippen LogP contribution in [-0.2, 0) is 18.0 Å². The Bertz CT molecular complexity index is 740. The number of benzene rings is 1. The lowest BCUT2D eigenvalue weighted by atomic mass is 10.3. The molecule has 1 aromatic carbocycles. The fraction of sp³-hybridized carbons (Fsp3) is 0.308. The van der Waals surface area contributed by atoms with Gasteiger partial charge in [-0.2, -0.15) is 9.61 Å². The van der Waals surface area contributed by atoms with Crippen molar-refractivity contribution in [1.29, 1.82) is 0 Å². The number of hydrogen-bond donors (Lipinski definition) is 0. The van der Waals surface area contributed by atoms with Gasteiger partial charge in [-0.15, -0.1) is 10.2 Å². The molecule has 0 spiro atoms. The fourth-order valence-electron chi connectivity index (χ4n) is 1.81. The molecule has 2 aromatic heterocycles. The van der Waals surface area contributed by atoms with Crippen LogP contribution in [0.15, 0.2) is 24.3 Å². The molecule has 0 aliphatic rings. The SMILES string of the molecule is COCc1nnc2sc(COc3cccc(OC)c3)nn12. The Morgan fingerprint density at radius 3 is 2.81 bits per heavy atom. The van der Waals surface area contributed by atoms with Crippen LogP contribution >= 0.6 is 11.3 Å². The van der Waals surface area contributed by atoms with Gasteiger partial charge in [-0.3, -0.25) is 0 Å². The van der Waals surface area contributed by atoms with Crippen LogP contribution in [0.3, 0.4) is 0 Å². The van der Waals surface area contributed by atoms with E-state index in [2.05, 4.69) is 15.3 Å². The van der Waals surface area contributed by atoms with Gasteiger partial charge in [-0.25, -0.2) is 0 Å². The number of methoxy groups -OCH3 is 2. The lowest BCUT2D eigenvalue weighted by molar-refractivity contribution is 0.176. The van der Waals surface area contributed by atoms with Crippen molar-refractivity contribution in [3.8, 4) is 11.5 Å². The minimum Gasteiger partial charge on any atom is -0.497 e. The number of nitrogens with zero attached hydrogens (tertiary/aromatic N) is 4. The van der Waals surface area contributed by atoms with Crippen LogP contribution in [-0.4, -0.2) is 34.0 Å². The molecule has 0 aliphatic heterocycles. The Labute approximate surface area is 125 Å². The first kappa shape index (κ1) is 13.8. The average Bonchev–Trinajstić information content (AvgIpc) is 3.07. The van der Waals surface area contributed by atoms with Crippen molar-refractivity contribution in [2.45, 2.75) is 13.2 Å². The Hall–Kier alpha value is -2.19. The summed E-state index contributed by atoms with van der Waals surface area (Å²) in [5.41, 5.74) is 0. The van der Waals surface area contributed by atoms with E-state index in [1.165, 1.54) is 11.3 Å². The molecule has 3 rings (SSSR count). The van der Waals surface area contributed by atoms with Crippen molar-refractivity contribution in [3.63, 3.8) is 0 Å². The van der Waals surface area contributed by atoms with Gasteiger partial charge in [0.25, 0.3) is 0 Å². The third-order valence-electron chi connectivity index (χ3n) is 2.77. The van der Waals surface area contributed by atoms with Gasteiger partial charge in [0.1, 0.15) is 24.7 Å². The Morgan fingerprint density at radius 1 is 1.14 bits per heavy atom. The molecular weight excluding hydrogens is 292 g/mol. The average molecular weight is 306 g/mol. The van der Waals surface area contributed by atoms with Crippen LogP contribution in [0.2, 0.25) is 0 Å². The summed E-state index contributed by atoms with van der Waals surface area (Å²) in [6.07, 6.45) is 0. The zero-order chi connectivity index (χ0) is 14.7. The summed E-state index contributed by atoms with van der Waals surface area (Å²) < 4.78 is 17.6. The van der Waals surface area contributed by atoms with E-state index in [-0.39, 0.29) is 0 Å². The maximum Gasteiger partial charge on any atom is 0.234 e. The second-order valence-corrected chi connectivity index (χ2v) is 5.25. The van der Waals surface area contributed by atoms with Gasteiger partial charge in [-0.1, -0.05) is 17.4 Å². The van der Waals surface area contributed by atoms with Gasteiger partial charge in [-0.05, 0) is 12.1 Å². The maximum atomic E-state index is 5.71. The lowest BCUT2D eigenvalue weighted by Crippen LogP contribution is -2.00. The van der Waals surface area contributed by atoms with Gasteiger partial charge in [0.2, 0.25) is 4.96 Å². The Balaban J connectivity index is 1.72. The maximum absolute atomic E-state index is 5.71. The second kappa shape index (κ2) is 6.06. The summed E-state index contributed by atoms with van der Waals surface area (Å²) in [6, 6.07) is 7.45. The molecule has 0 fully saturated rings. The summed E-state index contributed by atoms with van der Waals surface area (Å²) in [5, 5.41) is 13.3. The van der Waals surface area contributed by atoms with E-state index >= 15 is 0 Å². The molecule has 110 valence electrons. The molecule has 0 unspecified atom stereocenters. The van der Waals surface area contributed by atoms with Crippen molar-refractivity contribution < 1.29 is 14.2 Å². The topological polar surface area (TPSA) is 70.8 Å². The molecule has 2 heterocycles. The Kier molecular flexibility index (Phi) is 3.98. The number of aromatic nitrogens is 4. The summed E-state index contributed by atoms with van der Waals surface area (Å²) in [6.45, 7) is 0.745. The number of ether oxygens (including phenoxy) is 3. The van der Waals surface area contributed by atoms with E-state index in [9.17, 15) is 0 Å². The predicted octanol–water partition coefficient (Wildman–Crippen LogP) is 1.92. The largest absolute Gasteiger partial charge is 0.497 e. The van der Waals surface area contributed by atoms with Crippen molar-refractivity contribution in [1.82, 2.24) is 19.8 Å². The zero-order valence-corrected chi connectivity index (χ0v) is 12.5. The third-order valence-corrected chi connectivity index (χ3v) is 3.65. The molecule has 0 saturated carbocycles. The summed E-state index contributed by atoms with van der Waals surface area (Å²) >= 11 is 1.44. The lowest BCUT2D eigenvalue weighted by Gasteiger charge is -2.05. The first-order chi connectivity index (χ1) is 10.3. The molecule has 3 aromatic rings. The highest BCUT2D eigenvalue weighted by Crippen LogP contribution is 2.21. The van der Waals surface area contributed by atoms with Crippen molar-refractivity contribution in [2.24, 2.45) is 0 Å². The van der Waals surface area contributed by atoms with Gasteiger partial charge >= 0.3 is 0 Å². The first-order valence-corrected chi connectivity index (χ1v) is 7.07. The molecule has 0 radical (unpaired) electrons. The van der Waals surface area contributed by atoms with E-state index in [1.54, 1.807) is 18.7 Å². The fourth-order valence-corrected chi connectivity index (χ4v) is 2.58. The van der Waals surface area contributed by atoms with Crippen LogP contribution in [0.1, 0.15) is 10.8 Å². The van der Waals surface area contributed by atoms with E-state index in [0.29, 0.717) is 19.0 Å². The summed E-state index contributed by atoms with van der Waals surface area (Å²) in [5.74, 6) is 2.17. The van der Waals surface area contributed by atoms with E-state index in [4.69, 9.17) is 14.2 Å². The van der Waals surface area contributed by atoms with Crippen LogP contribution in [0.5, 0.6) is 11.5 Å². The second-order valence-electron chi connectivity index (χ2n) is 4.21. The summed E-state index contributed by atoms with van der Waals surface area (Å²) in [4.78, 5) is 0.728. The normalized spacial score (nSPS) is 11.0. The highest BCUT2D eigenvalue weighted by Gasteiger charge is 2.11. The molecule has 21 heavy (non-hydrogen) atoms. The Morgan fingerprint density at radius 2 is 2.00 bits per heavy atom. The molecule has 0 amide bonds. The molecule has 8 heteroatoms. The number of fused-ring (bicyclic) bond motifs is 1. The quantitative estimate of drug-likeness (QED) is 0.693. The monoisotopic (exact) mass is 306 g/mol. The van der Waals surface area contributed by atoms with Gasteiger partial charge in [0.15, 0.2) is 10.8 Å². The molecule has 0 atom stereocenters. The van der Waals surface area contributed by atoms with Gasteiger partial charge in [0.05, 0.1) is 7.11 Å². The van der Waals surface area contributed by atoms with Gasteiger partial charge < -0.3 is 14.2 Å². The molecular formula is C13H14N4O3S. The van der Waals surface area contributed by atoms with Crippen LogP contribution in [0, 0.1) is 0 Å². The molecule has 7 nitrogen and oxygen atoms in total. The summed E-state index contributed by atoms with van der Waals surface area (Å²) in [7, 11) is 3.24. The third kappa shape index (κ3) is 2.96. The highest BCUT2D eigenvalue weighted by molar-refractivity contribution is 7.16. The van der Waals surface area contributed by atoms with E-state index in [0.717, 1.165) is 21.5 Å². The standard InChI is InChI=1S/C13H14N4O3S/c1-18-7-11-14-15-13-17(11)16-12(21-13)8-20-10-5-3-4-9(6-10)19-2/h3-6H,7-8H2,1-2H3. The molecule has 0 bridgehead atoms. The predicted molar refractivity (Wildman–Crippen MR) is 76.7 cm³/mol. The molecule has 0 N–H and O–H groups in total. The van der Waals surface area contributed by atoms with Gasteiger partial charge in [0, 0.05) is 13.2 Å². The van der Waals surface area contributed by atoms with Crippen molar-refractivity contribution in [3.05, 3.63) is 35.1 Å². The van der Waals surface area contributed by atoms with Crippen LogP contribution in [0.25, 0.3) is 4.96 Å². The molecule has 0 aliphatic carbocycles. The van der Waals surface area contributed by atoms with Crippen molar-refractivity contribution in [2.75, 3.05) is 14.2 Å². The van der Waals surface area contributed by atoms with Crippen LogP contribution in [0.4, 0.5) is 0 Å². The minimum absolute atomic E-state index is 0.369. The first-order valence-electron chi connectivity index (χ1n) is 6.26. The van der Waals surface area contributed by atoms with Crippen molar-refractivity contribution >= 4 is 16.3 Å². The van der Waals surface area contributed by atoms with E-state index < -0.39 is 0 Å².